The van der Waals surface area contributed by atoms with E-state index >= 15 is 0 Å². The molecule has 3 aromatic carbocycles. The molecule has 1 aliphatic heterocycles. The van der Waals surface area contributed by atoms with E-state index in [-0.39, 0.29) is 11.5 Å². The van der Waals surface area contributed by atoms with Crippen LogP contribution in [0.25, 0.3) is 6.08 Å². The lowest BCUT2D eigenvalue weighted by atomic mass is 9.95. The third-order valence-electron chi connectivity index (χ3n) is 6.51. The Hall–Kier alpha value is -4.63. The van der Waals surface area contributed by atoms with E-state index in [9.17, 15) is 9.59 Å². The van der Waals surface area contributed by atoms with Crippen LogP contribution in [0.5, 0.6) is 17.2 Å². The Balaban J connectivity index is 1.65. The molecule has 0 unspecified atom stereocenters. The maximum Gasteiger partial charge on any atom is 0.271 e. The van der Waals surface area contributed by atoms with Gasteiger partial charge in [0.05, 0.1) is 42.7 Å². The summed E-state index contributed by atoms with van der Waals surface area (Å²) < 4.78 is 18.5. The van der Waals surface area contributed by atoms with Gasteiger partial charge in [0.1, 0.15) is 5.75 Å². The molecule has 5 rings (SSSR count). The molecule has 40 heavy (non-hydrogen) atoms. The fraction of sp³-hybridized carbons (Fsp3) is 0.194. The maximum absolute atomic E-state index is 13.9. The van der Waals surface area contributed by atoms with Gasteiger partial charge in [0.15, 0.2) is 16.3 Å². The third kappa shape index (κ3) is 5.28. The number of carbonyl (C=O) groups excluding carboxylic acids is 1. The average molecular weight is 556 g/mol. The largest absolute Gasteiger partial charge is 0.494 e. The number of aromatic nitrogens is 1. The highest BCUT2D eigenvalue weighted by molar-refractivity contribution is 7.07. The lowest BCUT2D eigenvalue weighted by Crippen LogP contribution is -2.40. The molecular weight excluding hydrogens is 526 g/mol. The molecule has 204 valence electrons. The molecule has 1 aliphatic rings. The number of thiazole rings is 1. The van der Waals surface area contributed by atoms with Crippen LogP contribution in [-0.2, 0) is 4.79 Å². The number of hydrogen-bond acceptors (Lipinski definition) is 7. The molecular formula is C31H29N3O5S. The minimum atomic E-state index is -0.678. The molecule has 4 aromatic rings. The Morgan fingerprint density at radius 1 is 1.02 bits per heavy atom. The summed E-state index contributed by atoms with van der Waals surface area (Å²) in [5.74, 6) is 1.55. The van der Waals surface area contributed by atoms with Crippen molar-refractivity contribution in [2.45, 2.75) is 19.9 Å². The fourth-order valence-corrected chi connectivity index (χ4v) is 5.70. The Labute approximate surface area is 235 Å². The van der Waals surface area contributed by atoms with Gasteiger partial charge in [-0.2, -0.15) is 0 Å². The van der Waals surface area contributed by atoms with Crippen LogP contribution in [0.1, 0.15) is 31.0 Å². The molecule has 1 aromatic heterocycles. The second kappa shape index (κ2) is 11.6. The van der Waals surface area contributed by atoms with E-state index in [4.69, 9.17) is 19.2 Å². The van der Waals surface area contributed by atoms with Crippen molar-refractivity contribution in [2.75, 3.05) is 26.1 Å². The number of ether oxygens (including phenoxy) is 3. The number of benzene rings is 3. The first-order chi connectivity index (χ1) is 19.4. The van der Waals surface area contributed by atoms with Crippen molar-refractivity contribution in [3.63, 3.8) is 0 Å². The predicted octanol–water partition coefficient (Wildman–Crippen LogP) is 4.29. The number of rotatable bonds is 8. The highest BCUT2D eigenvalue weighted by atomic mass is 32.1. The molecule has 8 nitrogen and oxygen atoms in total. The van der Waals surface area contributed by atoms with Crippen LogP contribution in [0.15, 0.2) is 93.9 Å². The van der Waals surface area contributed by atoms with E-state index in [1.54, 1.807) is 37.9 Å². The highest BCUT2D eigenvalue weighted by Crippen LogP contribution is 2.32. The van der Waals surface area contributed by atoms with Crippen LogP contribution in [0.3, 0.4) is 0 Å². The van der Waals surface area contributed by atoms with Gasteiger partial charge in [0, 0.05) is 5.69 Å². The van der Waals surface area contributed by atoms with Gasteiger partial charge in [0.2, 0.25) is 0 Å². The van der Waals surface area contributed by atoms with Crippen LogP contribution < -0.4 is 34.4 Å². The Morgan fingerprint density at radius 3 is 2.42 bits per heavy atom. The van der Waals surface area contributed by atoms with Crippen LogP contribution >= 0.6 is 11.3 Å². The number of hydrogen-bond donors (Lipinski definition) is 1. The molecule has 0 spiro atoms. The molecule has 9 heteroatoms. The predicted molar refractivity (Wildman–Crippen MR) is 156 cm³/mol. The summed E-state index contributed by atoms with van der Waals surface area (Å²) >= 11 is 1.28. The van der Waals surface area contributed by atoms with Crippen LogP contribution in [0.4, 0.5) is 5.69 Å². The Bertz CT molecular complexity index is 1760. The fourth-order valence-electron chi connectivity index (χ4n) is 4.65. The van der Waals surface area contributed by atoms with Crippen molar-refractivity contribution < 1.29 is 19.0 Å². The summed E-state index contributed by atoms with van der Waals surface area (Å²) in [7, 11) is 3.14. The maximum atomic E-state index is 13.9. The number of fused-ring (bicyclic) bond motifs is 1. The highest BCUT2D eigenvalue weighted by Gasteiger charge is 2.32. The monoisotopic (exact) mass is 555 g/mol. The van der Waals surface area contributed by atoms with Crippen molar-refractivity contribution in [3.8, 4) is 17.2 Å². The molecule has 0 saturated carbocycles. The van der Waals surface area contributed by atoms with Gasteiger partial charge >= 0.3 is 0 Å². The molecule has 1 N–H and O–H groups in total. The van der Waals surface area contributed by atoms with E-state index in [0.29, 0.717) is 50.1 Å². The quantitative estimate of drug-likeness (QED) is 0.350. The Morgan fingerprint density at radius 2 is 1.75 bits per heavy atom. The summed E-state index contributed by atoms with van der Waals surface area (Å²) in [6.45, 7) is 4.25. The zero-order valence-electron chi connectivity index (χ0n) is 22.6. The van der Waals surface area contributed by atoms with Crippen molar-refractivity contribution >= 4 is 29.0 Å². The number of allylic oxidation sites excluding steroid dienone is 1. The van der Waals surface area contributed by atoms with Gasteiger partial charge in [-0.25, -0.2) is 4.99 Å². The van der Waals surface area contributed by atoms with E-state index in [1.165, 1.54) is 11.3 Å². The number of para-hydroxylation sites is 1. The average Bonchev–Trinajstić information content (AvgIpc) is 3.27. The van der Waals surface area contributed by atoms with Crippen molar-refractivity contribution in [1.82, 2.24) is 4.57 Å². The van der Waals surface area contributed by atoms with Gasteiger partial charge in [-0.1, -0.05) is 47.7 Å². The smallest absolute Gasteiger partial charge is 0.271 e. The molecule has 0 saturated heterocycles. The van der Waals surface area contributed by atoms with Crippen molar-refractivity contribution in [3.05, 3.63) is 115 Å². The zero-order chi connectivity index (χ0) is 28.2. The van der Waals surface area contributed by atoms with Crippen LogP contribution in [0, 0.1) is 0 Å². The summed E-state index contributed by atoms with van der Waals surface area (Å²) in [6, 6.07) is 21.5. The topological polar surface area (TPSA) is 91.2 Å². The molecule has 0 fully saturated rings. The molecule has 0 aliphatic carbocycles. The van der Waals surface area contributed by atoms with E-state index in [2.05, 4.69) is 5.32 Å². The number of methoxy groups -OCH3 is 2. The van der Waals surface area contributed by atoms with E-state index in [0.717, 1.165) is 11.1 Å². The summed E-state index contributed by atoms with van der Waals surface area (Å²) in [4.78, 5) is 32.8. The van der Waals surface area contributed by atoms with Crippen molar-refractivity contribution in [2.24, 2.45) is 4.99 Å². The minimum Gasteiger partial charge on any atom is -0.494 e. The number of amides is 1. The summed E-state index contributed by atoms with van der Waals surface area (Å²) in [5.41, 5.74) is 2.91. The molecule has 2 heterocycles. The number of nitrogens with zero attached hydrogens (tertiary/aromatic N) is 2. The normalized spacial score (nSPS) is 14.8. The SMILES string of the molecule is CCOc1ccc([C@H]2C(C(=O)Nc3ccccc3)=C(C)N=c3s/c(=C\c4ccc(OC)c(OC)c4)c(=O)n32)cc1. The number of carbonyl (C=O) groups is 1. The van der Waals surface area contributed by atoms with Crippen LogP contribution in [0.2, 0.25) is 0 Å². The van der Waals surface area contributed by atoms with E-state index in [1.807, 2.05) is 73.7 Å². The van der Waals surface area contributed by atoms with Crippen LogP contribution in [-0.4, -0.2) is 31.3 Å². The molecule has 1 atom stereocenters. The first kappa shape index (κ1) is 27.0. The van der Waals surface area contributed by atoms with Gasteiger partial charge in [-0.15, -0.1) is 0 Å². The standard InChI is InChI=1S/C31H29N3O5S/c1-5-39-23-14-12-21(13-15-23)28-27(29(35)33-22-9-7-6-8-10-22)19(2)32-31-34(28)30(36)26(40-31)18-20-11-16-24(37-3)25(17-20)38-4/h6-18,28H,5H2,1-4H3,(H,33,35)/b26-18-/t28-/m0/s1. The zero-order valence-corrected chi connectivity index (χ0v) is 23.5. The number of anilines is 1. The first-order valence-electron chi connectivity index (χ1n) is 12.8. The van der Waals surface area contributed by atoms with Gasteiger partial charge in [0.25, 0.3) is 11.5 Å². The number of nitrogens with one attached hydrogen (secondary N) is 1. The summed E-state index contributed by atoms with van der Waals surface area (Å²) in [5, 5.41) is 2.97. The Kier molecular flexibility index (Phi) is 7.84. The lowest BCUT2D eigenvalue weighted by molar-refractivity contribution is -0.113. The van der Waals surface area contributed by atoms with Crippen molar-refractivity contribution in [1.29, 1.82) is 0 Å². The van der Waals surface area contributed by atoms with Gasteiger partial charge < -0.3 is 19.5 Å². The molecule has 0 bridgehead atoms. The first-order valence-corrected chi connectivity index (χ1v) is 13.6. The second-order valence-corrected chi connectivity index (χ2v) is 10.0. The molecule has 0 radical (unpaired) electrons. The van der Waals surface area contributed by atoms with Gasteiger partial charge in [-0.05, 0) is 67.4 Å². The van der Waals surface area contributed by atoms with E-state index < -0.39 is 6.04 Å². The second-order valence-electron chi connectivity index (χ2n) is 9.02. The minimum absolute atomic E-state index is 0.241. The lowest BCUT2D eigenvalue weighted by Gasteiger charge is -2.25. The summed E-state index contributed by atoms with van der Waals surface area (Å²) in [6.07, 6.45) is 1.80. The van der Waals surface area contributed by atoms with Gasteiger partial charge in [-0.3, -0.25) is 14.2 Å². The molecule has 1 amide bonds. The third-order valence-corrected chi connectivity index (χ3v) is 7.49.